The first kappa shape index (κ1) is 11.8. The minimum atomic E-state index is -1.10. The number of ether oxygens (including phenoxy) is 2. The number of carbonyl (C=O) groups excluding carboxylic acids is 1. The maximum Gasteiger partial charge on any atom is 0.407 e. The number of methoxy groups -OCH3 is 1. The van der Waals surface area contributed by atoms with E-state index < -0.39 is 24.2 Å². The fourth-order valence-corrected chi connectivity index (χ4v) is 1.53. The standard InChI is InChI=1S/C9H15NO5/c1-14-9(13)10-7(8(11)12)6-4-2-3-5-15-6/h6-7H,2-5H2,1H3,(H,10,13)(H,11,12)/t6-,7-/m0/s1. The molecule has 0 aromatic rings. The van der Waals surface area contributed by atoms with Gasteiger partial charge in [0, 0.05) is 6.61 Å². The molecule has 86 valence electrons. The van der Waals surface area contributed by atoms with E-state index in [2.05, 4.69) is 10.1 Å². The third-order valence-electron chi connectivity index (χ3n) is 2.31. The first-order chi connectivity index (χ1) is 7.15. The van der Waals surface area contributed by atoms with Crippen molar-refractivity contribution in [2.45, 2.75) is 31.4 Å². The van der Waals surface area contributed by atoms with Crippen molar-refractivity contribution in [3.8, 4) is 0 Å². The van der Waals surface area contributed by atoms with E-state index in [1.54, 1.807) is 0 Å². The summed E-state index contributed by atoms with van der Waals surface area (Å²) in [4.78, 5) is 21.8. The lowest BCUT2D eigenvalue weighted by Crippen LogP contribution is -2.50. The van der Waals surface area contributed by atoms with Gasteiger partial charge < -0.3 is 19.9 Å². The Morgan fingerprint density at radius 1 is 1.53 bits per heavy atom. The van der Waals surface area contributed by atoms with Gasteiger partial charge in [-0.3, -0.25) is 0 Å². The molecule has 0 radical (unpaired) electrons. The van der Waals surface area contributed by atoms with Crippen LogP contribution in [0.15, 0.2) is 0 Å². The molecular weight excluding hydrogens is 202 g/mol. The van der Waals surface area contributed by atoms with Crippen molar-refractivity contribution in [1.82, 2.24) is 5.32 Å². The van der Waals surface area contributed by atoms with Crippen LogP contribution in [-0.2, 0) is 14.3 Å². The highest BCUT2D eigenvalue weighted by Gasteiger charge is 2.31. The van der Waals surface area contributed by atoms with Gasteiger partial charge >= 0.3 is 12.1 Å². The highest BCUT2D eigenvalue weighted by atomic mass is 16.5. The van der Waals surface area contributed by atoms with Crippen LogP contribution in [0.25, 0.3) is 0 Å². The maximum atomic E-state index is 10.9. The second kappa shape index (κ2) is 5.55. The van der Waals surface area contributed by atoms with E-state index in [0.717, 1.165) is 12.8 Å². The number of hydrogen-bond donors (Lipinski definition) is 2. The third kappa shape index (κ3) is 3.39. The van der Waals surface area contributed by atoms with Crippen molar-refractivity contribution in [1.29, 1.82) is 0 Å². The van der Waals surface area contributed by atoms with Gasteiger partial charge in [0.1, 0.15) is 0 Å². The fourth-order valence-electron chi connectivity index (χ4n) is 1.53. The number of carbonyl (C=O) groups is 2. The predicted octanol–water partition coefficient (Wildman–Crippen LogP) is 0.365. The van der Waals surface area contributed by atoms with Gasteiger partial charge in [-0.05, 0) is 19.3 Å². The van der Waals surface area contributed by atoms with Crippen molar-refractivity contribution >= 4 is 12.1 Å². The van der Waals surface area contributed by atoms with Crippen molar-refractivity contribution in [3.63, 3.8) is 0 Å². The number of nitrogens with one attached hydrogen (secondary N) is 1. The van der Waals surface area contributed by atoms with Gasteiger partial charge in [0.15, 0.2) is 6.04 Å². The second-order valence-electron chi connectivity index (χ2n) is 3.36. The lowest BCUT2D eigenvalue weighted by molar-refractivity contribution is -0.144. The minimum absolute atomic E-state index is 0.463. The fraction of sp³-hybridized carbons (Fsp3) is 0.778. The molecule has 6 heteroatoms. The van der Waals surface area contributed by atoms with Gasteiger partial charge in [-0.2, -0.15) is 0 Å². The molecule has 1 aliphatic heterocycles. The summed E-state index contributed by atoms with van der Waals surface area (Å²) in [6.07, 6.45) is 1.27. The van der Waals surface area contributed by atoms with Crippen LogP contribution >= 0.6 is 0 Å². The number of carboxylic acids is 1. The molecule has 15 heavy (non-hydrogen) atoms. The van der Waals surface area contributed by atoms with Gasteiger partial charge in [0.25, 0.3) is 0 Å². The Morgan fingerprint density at radius 2 is 2.27 bits per heavy atom. The number of rotatable bonds is 3. The van der Waals surface area contributed by atoms with E-state index in [0.29, 0.717) is 13.0 Å². The lowest BCUT2D eigenvalue weighted by atomic mass is 10.0. The SMILES string of the molecule is COC(=O)N[C@H](C(=O)O)[C@@H]1CCCCO1. The monoisotopic (exact) mass is 217 g/mol. The van der Waals surface area contributed by atoms with Crippen LogP contribution in [-0.4, -0.2) is 43.0 Å². The smallest absolute Gasteiger partial charge is 0.407 e. The molecule has 1 heterocycles. The molecule has 1 rings (SSSR count). The van der Waals surface area contributed by atoms with Gasteiger partial charge in [-0.15, -0.1) is 0 Å². The summed E-state index contributed by atoms with van der Waals surface area (Å²) < 4.78 is 9.65. The van der Waals surface area contributed by atoms with Crippen LogP contribution in [0.5, 0.6) is 0 Å². The highest BCUT2D eigenvalue weighted by Crippen LogP contribution is 2.16. The van der Waals surface area contributed by atoms with E-state index in [4.69, 9.17) is 9.84 Å². The van der Waals surface area contributed by atoms with E-state index in [9.17, 15) is 9.59 Å². The van der Waals surface area contributed by atoms with Gasteiger partial charge in [0.05, 0.1) is 13.2 Å². The zero-order valence-corrected chi connectivity index (χ0v) is 8.56. The molecule has 0 aromatic carbocycles. The van der Waals surface area contributed by atoms with Gasteiger partial charge in [-0.1, -0.05) is 0 Å². The molecule has 1 saturated heterocycles. The van der Waals surface area contributed by atoms with E-state index in [1.165, 1.54) is 7.11 Å². The van der Waals surface area contributed by atoms with Crippen LogP contribution in [0.1, 0.15) is 19.3 Å². The second-order valence-corrected chi connectivity index (χ2v) is 3.36. The van der Waals surface area contributed by atoms with Crippen LogP contribution in [0.2, 0.25) is 0 Å². The first-order valence-electron chi connectivity index (χ1n) is 4.84. The van der Waals surface area contributed by atoms with Crippen molar-refractivity contribution in [2.75, 3.05) is 13.7 Å². The molecule has 1 aliphatic rings. The molecule has 0 aliphatic carbocycles. The molecule has 2 N–H and O–H groups in total. The summed E-state index contributed by atoms with van der Waals surface area (Å²) in [5.41, 5.74) is 0. The predicted molar refractivity (Wildman–Crippen MR) is 50.6 cm³/mol. The Morgan fingerprint density at radius 3 is 2.73 bits per heavy atom. The Bertz CT molecular complexity index is 237. The van der Waals surface area contributed by atoms with Gasteiger partial charge in [0.2, 0.25) is 0 Å². The Kier molecular flexibility index (Phi) is 4.36. The van der Waals surface area contributed by atoms with E-state index in [1.807, 2.05) is 0 Å². The highest BCUT2D eigenvalue weighted by molar-refractivity contribution is 5.80. The molecule has 0 aromatic heterocycles. The topological polar surface area (TPSA) is 84.9 Å². The molecule has 6 nitrogen and oxygen atoms in total. The number of amides is 1. The molecule has 1 amide bonds. The molecule has 0 spiro atoms. The summed E-state index contributed by atoms with van der Waals surface area (Å²) in [7, 11) is 1.19. The Hall–Kier alpha value is -1.30. The Balaban J connectivity index is 2.55. The quantitative estimate of drug-likeness (QED) is 0.713. The summed E-state index contributed by atoms with van der Waals surface area (Å²) in [6.45, 7) is 0.539. The zero-order valence-electron chi connectivity index (χ0n) is 8.56. The average molecular weight is 217 g/mol. The molecular formula is C9H15NO5. The molecule has 0 unspecified atom stereocenters. The Labute approximate surface area is 87.5 Å². The normalized spacial score (nSPS) is 22.9. The van der Waals surface area contributed by atoms with Crippen LogP contribution in [0, 0.1) is 0 Å². The summed E-state index contributed by atoms with van der Waals surface area (Å²) in [6, 6.07) is -1.03. The summed E-state index contributed by atoms with van der Waals surface area (Å²) >= 11 is 0. The van der Waals surface area contributed by atoms with Crippen molar-refractivity contribution < 1.29 is 24.2 Å². The molecule has 2 atom stereocenters. The molecule has 0 saturated carbocycles. The van der Waals surface area contributed by atoms with Crippen molar-refractivity contribution in [3.05, 3.63) is 0 Å². The van der Waals surface area contributed by atoms with Gasteiger partial charge in [-0.25, -0.2) is 9.59 Å². The molecule has 0 bridgehead atoms. The van der Waals surface area contributed by atoms with Crippen molar-refractivity contribution in [2.24, 2.45) is 0 Å². The lowest BCUT2D eigenvalue weighted by Gasteiger charge is -2.27. The largest absolute Gasteiger partial charge is 0.480 e. The summed E-state index contributed by atoms with van der Waals surface area (Å²) in [5, 5.41) is 11.2. The average Bonchev–Trinajstić information content (AvgIpc) is 2.26. The zero-order chi connectivity index (χ0) is 11.3. The third-order valence-corrected chi connectivity index (χ3v) is 2.31. The number of alkyl carbamates (subject to hydrolysis) is 1. The minimum Gasteiger partial charge on any atom is -0.480 e. The first-order valence-corrected chi connectivity index (χ1v) is 4.84. The molecule has 1 fully saturated rings. The maximum absolute atomic E-state index is 10.9. The van der Waals surface area contributed by atoms with Crippen LogP contribution < -0.4 is 5.32 Å². The number of aliphatic carboxylic acids is 1. The number of carboxylic acid groups (broad SMARTS) is 1. The van der Waals surface area contributed by atoms with E-state index >= 15 is 0 Å². The van der Waals surface area contributed by atoms with Crippen LogP contribution in [0.4, 0.5) is 4.79 Å². The number of hydrogen-bond acceptors (Lipinski definition) is 4. The van der Waals surface area contributed by atoms with Crippen LogP contribution in [0.3, 0.4) is 0 Å². The summed E-state index contributed by atoms with van der Waals surface area (Å²) in [5.74, 6) is -1.10. The van der Waals surface area contributed by atoms with E-state index in [-0.39, 0.29) is 0 Å².